The smallest absolute Gasteiger partial charge is 0.0963 e. The van der Waals surface area contributed by atoms with Crippen molar-refractivity contribution in [1.29, 1.82) is 0 Å². The zero-order chi connectivity index (χ0) is 11.7. The maximum atomic E-state index is 8.79. The molecule has 1 aliphatic rings. The fraction of sp³-hybridized carbons (Fsp3) is 0.667. The zero-order valence-corrected chi connectivity index (χ0v) is 11.4. The Balaban J connectivity index is 0.000000921. The van der Waals surface area contributed by atoms with Crippen LogP contribution >= 0.6 is 15.9 Å². The molecule has 1 aliphatic carbocycles. The molecule has 1 rings (SSSR count). The molecule has 0 saturated heterocycles. The molecule has 0 heterocycles. The van der Waals surface area contributed by atoms with E-state index in [9.17, 15) is 0 Å². The Morgan fingerprint density at radius 2 is 2.07 bits per heavy atom. The fourth-order valence-corrected chi connectivity index (χ4v) is 1.35. The number of aliphatic hydroxyl groups is 1. The van der Waals surface area contributed by atoms with Crippen molar-refractivity contribution < 1.29 is 9.84 Å². The summed E-state index contributed by atoms with van der Waals surface area (Å²) in [6.45, 7) is 6.76. The van der Waals surface area contributed by atoms with Crippen molar-refractivity contribution in [3.05, 3.63) is 22.4 Å². The van der Waals surface area contributed by atoms with E-state index >= 15 is 0 Å². The van der Waals surface area contributed by atoms with Gasteiger partial charge in [-0.25, -0.2) is 0 Å². The first-order valence-corrected chi connectivity index (χ1v) is 6.30. The molecular weight excluding hydrogens is 256 g/mol. The minimum Gasteiger partial charge on any atom is -0.498 e. The van der Waals surface area contributed by atoms with Gasteiger partial charge in [0.25, 0.3) is 0 Å². The van der Waals surface area contributed by atoms with E-state index in [0.717, 1.165) is 18.6 Å². The molecule has 0 aromatic heterocycles. The van der Waals surface area contributed by atoms with Crippen LogP contribution in [0, 0.1) is 5.92 Å². The van der Waals surface area contributed by atoms with Crippen LogP contribution in [0.4, 0.5) is 0 Å². The molecule has 0 aromatic carbocycles. The lowest BCUT2D eigenvalue weighted by molar-refractivity contribution is 0.123. The molecule has 88 valence electrons. The van der Waals surface area contributed by atoms with Crippen molar-refractivity contribution in [3.8, 4) is 0 Å². The Kier molecular flexibility index (Phi) is 8.82. The summed E-state index contributed by atoms with van der Waals surface area (Å²) in [5, 5.41) is 8.79. The van der Waals surface area contributed by atoms with Crippen LogP contribution < -0.4 is 0 Å². The van der Waals surface area contributed by atoms with Gasteiger partial charge in [-0.3, -0.25) is 0 Å². The standard InChI is InChI=1S/C10H15BrO2.C2H6/c1-8(6-12)7-13-10-4-2-9(11)3-5-10;1-2/h2,4,8,12H,3,5-7H2,1H3;1-2H3. The minimum atomic E-state index is 0.187. The van der Waals surface area contributed by atoms with E-state index in [0.29, 0.717) is 6.61 Å². The van der Waals surface area contributed by atoms with Gasteiger partial charge in [0.1, 0.15) is 0 Å². The molecule has 0 bridgehead atoms. The van der Waals surface area contributed by atoms with Crippen LogP contribution in [0.3, 0.4) is 0 Å². The van der Waals surface area contributed by atoms with Crippen LogP contribution in [0.25, 0.3) is 0 Å². The Labute approximate surface area is 101 Å². The molecule has 0 aromatic rings. The van der Waals surface area contributed by atoms with Gasteiger partial charge in [-0.1, -0.05) is 36.7 Å². The van der Waals surface area contributed by atoms with E-state index in [1.54, 1.807) is 0 Å². The first-order chi connectivity index (χ1) is 7.22. The summed E-state index contributed by atoms with van der Waals surface area (Å²) in [4.78, 5) is 0. The van der Waals surface area contributed by atoms with Crippen LogP contribution in [-0.4, -0.2) is 18.3 Å². The van der Waals surface area contributed by atoms with Gasteiger partial charge in [-0.05, 0) is 23.1 Å². The van der Waals surface area contributed by atoms with Crippen LogP contribution in [0.1, 0.15) is 33.6 Å². The third-order valence-corrected chi connectivity index (χ3v) is 2.59. The van der Waals surface area contributed by atoms with Crippen molar-refractivity contribution in [3.63, 3.8) is 0 Å². The summed E-state index contributed by atoms with van der Waals surface area (Å²) < 4.78 is 6.74. The van der Waals surface area contributed by atoms with Gasteiger partial charge in [-0.15, -0.1) is 0 Å². The Morgan fingerprint density at radius 3 is 2.53 bits per heavy atom. The molecule has 0 spiro atoms. The van der Waals surface area contributed by atoms with Gasteiger partial charge in [0.15, 0.2) is 0 Å². The maximum Gasteiger partial charge on any atom is 0.0963 e. The Hall–Kier alpha value is -0.280. The normalized spacial score (nSPS) is 16.9. The summed E-state index contributed by atoms with van der Waals surface area (Å²) in [7, 11) is 0. The number of ether oxygens (including phenoxy) is 1. The number of hydrogen-bond donors (Lipinski definition) is 1. The molecule has 0 saturated carbocycles. The maximum absolute atomic E-state index is 8.79. The highest BCUT2D eigenvalue weighted by atomic mass is 79.9. The number of rotatable bonds is 4. The van der Waals surface area contributed by atoms with E-state index in [2.05, 4.69) is 15.9 Å². The molecule has 0 amide bonds. The largest absolute Gasteiger partial charge is 0.498 e. The Morgan fingerprint density at radius 1 is 1.40 bits per heavy atom. The predicted molar refractivity (Wildman–Crippen MR) is 67.9 cm³/mol. The van der Waals surface area contributed by atoms with Crippen LogP contribution in [-0.2, 0) is 4.74 Å². The van der Waals surface area contributed by atoms with Gasteiger partial charge in [0.05, 0.1) is 12.4 Å². The topological polar surface area (TPSA) is 29.5 Å². The summed E-state index contributed by atoms with van der Waals surface area (Å²) in [6.07, 6.45) is 5.97. The summed E-state index contributed by atoms with van der Waals surface area (Å²) in [5.74, 6) is 1.23. The lowest BCUT2D eigenvalue weighted by Gasteiger charge is -2.15. The quantitative estimate of drug-likeness (QED) is 0.850. The lowest BCUT2D eigenvalue weighted by atomic mass is 10.1. The number of halogens is 1. The van der Waals surface area contributed by atoms with E-state index in [-0.39, 0.29) is 12.5 Å². The SMILES string of the molecule is CC.CC(CO)COC1=CC=C(Br)CC1. The summed E-state index contributed by atoms with van der Waals surface area (Å²) in [5.41, 5.74) is 0. The molecule has 1 N–H and O–H groups in total. The van der Waals surface area contributed by atoms with Gasteiger partial charge >= 0.3 is 0 Å². The average molecular weight is 277 g/mol. The van der Waals surface area contributed by atoms with E-state index in [1.807, 2.05) is 32.9 Å². The second-order valence-electron chi connectivity index (χ2n) is 3.35. The number of hydrogen-bond acceptors (Lipinski definition) is 2. The summed E-state index contributed by atoms with van der Waals surface area (Å²) >= 11 is 3.43. The Bertz CT molecular complexity index is 222. The molecular formula is C12H21BrO2. The van der Waals surface area contributed by atoms with Gasteiger partial charge in [0.2, 0.25) is 0 Å². The van der Waals surface area contributed by atoms with Gasteiger partial charge < -0.3 is 9.84 Å². The number of allylic oxidation sites excluding steroid dienone is 4. The van der Waals surface area contributed by atoms with Crippen LogP contribution in [0.15, 0.2) is 22.4 Å². The van der Waals surface area contributed by atoms with Crippen molar-refractivity contribution in [2.75, 3.05) is 13.2 Å². The molecule has 1 unspecified atom stereocenters. The lowest BCUT2D eigenvalue weighted by Crippen LogP contribution is -2.10. The molecule has 1 atom stereocenters. The molecule has 0 aliphatic heterocycles. The fourth-order valence-electron chi connectivity index (χ4n) is 1.01. The van der Waals surface area contributed by atoms with Crippen molar-refractivity contribution in [2.24, 2.45) is 5.92 Å². The van der Waals surface area contributed by atoms with E-state index < -0.39 is 0 Å². The van der Waals surface area contributed by atoms with Gasteiger partial charge in [-0.2, -0.15) is 0 Å². The van der Waals surface area contributed by atoms with Crippen LogP contribution in [0.5, 0.6) is 0 Å². The van der Waals surface area contributed by atoms with E-state index in [1.165, 1.54) is 4.48 Å². The highest BCUT2D eigenvalue weighted by Crippen LogP contribution is 2.23. The highest BCUT2D eigenvalue weighted by molar-refractivity contribution is 9.11. The number of aliphatic hydroxyl groups excluding tert-OH is 1. The van der Waals surface area contributed by atoms with Crippen molar-refractivity contribution >= 4 is 15.9 Å². The predicted octanol–water partition coefficient (Wildman–Crippen LogP) is 3.61. The monoisotopic (exact) mass is 276 g/mol. The first-order valence-electron chi connectivity index (χ1n) is 5.51. The summed E-state index contributed by atoms with van der Waals surface area (Å²) in [6, 6.07) is 0. The first kappa shape index (κ1) is 14.7. The van der Waals surface area contributed by atoms with E-state index in [4.69, 9.17) is 9.84 Å². The zero-order valence-electron chi connectivity index (χ0n) is 9.79. The highest BCUT2D eigenvalue weighted by Gasteiger charge is 2.07. The molecule has 0 fully saturated rings. The third-order valence-electron chi connectivity index (χ3n) is 1.93. The van der Waals surface area contributed by atoms with Crippen molar-refractivity contribution in [1.82, 2.24) is 0 Å². The second-order valence-corrected chi connectivity index (χ2v) is 4.36. The minimum absolute atomic E-state index is 0.187. The average Bonchev–Trinajstić information content (AvgIpc) is 2.30. The molecule has 15 heavy (non-hydrogen) atoms. The molecule has 0 radical (unpaired) electrons. The molecule has 2 nitrogen and oxygen atoms in total. The molecule has 3 heteroatoms. The van der Waals surface area contributed by atoms with Gasteiger partial charge in [0, 0.05) is 18.9 Å². The second kappa shape index (κ2) is 8.98. The third kappa shape index (κ3) is 6.74. The van der Waals surface area contributed by atoms with Crippen molar-refractivity contribution in [2.45, 2.75) is 33.6 Å². The van der Waals surface area contributed by atoms with Crippen LogP contribution in [0.2, 0.25) is 0 Å².